The quantitative estimate of drug-likeness (QED) is 0.367. The molecule has 1 amide bonds. The van der Waals surface area contributed by atoms with E-state index < -0.39 is 0 Å². The molecule has 0 spiro atoms. The van der Waals surface area contributed by atoms with Gasteiger partial charge in [-0.15, -0.1) is 11.3 Å². The lowest BCUT2D eigenvalue weighted by Gasteiger charge is -2.12. The van der Waals surface area contributed by atoms with Crippen LogP contribution < -0.4 is 16.0 Å². The molecule has 8 heteroatoms. The first-order valence-electron chi connectivity index (χ1n) is 6.89. The van der Waals surface area contributed by atoms with Crippen LogP contribution in [0, 0.1) is 6.92 Å². The molecule has 0 radical (unpaired) electrons. The summed E-state index contributed by atoms with van der Waals surface area (Å²) in [4.78, 5) is 20.7. The van der Waals surface area contributed by atoms with Crippen LogP contribution in [0.4, 0.5) is 0 Å². The Labute approximate surface area is 129 Å². The number of ether oxygens (including phenoxy) is 1. The molecule has 1 aromatic rings. The van der Waals surface area contributed by atoms with Gasteiger partial charge in [0, 0.05) is 33.3 Å². The molecule has 21 heavy (non-hydrogen) atoms. The summed E-state index contributed by atoms with van der Waals surface area (Å²) in [6.45, 7) is 6.93. The van der Waals surface area contributed by atoms with Crippen molar-refractivity contribution in [3.8, 4) is 0 Å². The number of aromatic nitrogens is 1. The summed E-state index contributed by atoms with van der Waals surface area (Å²) >= 11 is 1.35. The Balaban J connectivity index is 2.17. The van der Waals surface area contributed by atoms with Crippen LogP contribution in [0.5, 0.6) is 0 Å². The molecule has 0 atom stereocenters. The second-order valence-corrected chi connectivity index (χ2v) is 5.00. The average Bonchev–Trinajstić information content (AvgIpc) is 2.91. The molecule has 0 fully saturated rings. The highest BCUT2D eigenvalue weighted by Crippen LogP contribution is 2.10. The number of aliphatic imine (C=N–C) groups is 1. The minimum atomic E-state index is -0.0870. The predicted octanol–water partition coefficient (Wildman–Crippen LogP) is 0.383. The van der Waals surface area contributed by atoms with E-state index in [4.69, 9.17) is 4.74 Å². The van der Waals surface area contributed by atoms with E-state index in [1.54, 1.807) is 12.6 Å². The molecule has 3 N–H and O–H groups in total. The second kappa shape index (κ2) is 10.1. The molecular formula is C13H23N5O2S. The fourth-order valence-corrected chi connectivity index (χ4v) is 2.28. The van der Waals surface area contributed by atoms with Crippen LogP contribution in [0.2, 0.25) is 0 Å². The van der Waals surface area contributed by atoms with Crippen molar-refractivity contribution >= 4 is 23.2 Å². The number of carbonyl (C=O) groups excluding carboxylic acids is 1. The molecule has 0 aliphatic heterocycles. The molecule has 118 valence electrons. The second-order valence-electron chi connectivity index (χ2n) is 4.15. The summed E-state index contributed by atoms with van der Waals surface area (Å²) in [5.41, 5.74) is 2.44. The SMILES string of the molecule is CCOCCNC(=NC)NCCNC(=O)c1scnc1C. The van der Waals surface area contributed by atoms with Crippen molar-refractivity contribution in [2.75, 3.05) is 39.9 Å². The lowest BCUT2D eigenvalue weighted by Crippen LogP contribution is -2.42. The van der Waals surface area contributed by atoms with Gasteiger partial charge in [-0.3, -0.25) is 9.79 Å². The van der Waals surface area contributed by atoms with Gasteiger partial charge in [0.25, 0.3) is 5.91 Å². The van der Waals surface area contributed by atoms with Crippen LogP contribution in [0.25, 0.3) is 0 Å². The summed E-state index contributed by atoms with van der Waals surface area (Å²) in [5.74, 6) is 0.606. The van der Waals surface area contributed by atoms with Gasteiger partial charge in [0.2, 0.25) is 0 Å². The van der Waals surface area contributed by atoms with E-state index in [1.807, 2.05) is 13.8 Å². The average molecular weight is 313 g/mol. The summed E-state index contributed by atoms with van der Waals surface area (Å²) in [6, 6.07) is 0. The third kappa shape index (κ3) is 6.54. The lowest BCUT2D eigenvalue weighted by atomic mass is 10.4. The fourth-order valence-electron chi connectivity index (χ4n) is 1.56. The molecule has 1 aromatic heterocycles. The highest BCUT2D eigenvalue weighted by molar-refractivity contribution is 7.11. The molecule has 1 rings (SSSR count). The molecule has 7 nitrogen and oxygen atoms in total. The van der Waals surface area contributed by atoms with Gasteiger partial charge in [-0.25, -0.2) is 4.98 Å². The number of hydrogen-bond donors (Lipinski definition) is 3. The highest BCUT2D eigenvalue weighted by Gasteiger charge is 2.10. The number of thiazole rings is 1. The van der Waals surface area contributed by atoms with Gasteiger partial charge in [0.05, 0.1) is 17.8 Å². The summed E-state index contributed by atoms with van der Waals surface area (Å²) in [5, 5.41) is 9.08. The topological polar surface area (TPSA) is 87.6 Å². The van der Waals surface area contributed by atoms with Gasteiger partial charge in [-0.2, -0.15) is 0 Å². The Morgan fingerprint density at radius 3 is 2.67 bits per heavy atom. The number of nitrogens with zero attached hydrogens (tertiary/aromatic N) is 2. The summed E-state index contributed by atoms with van der Waals surface area (Å²) in [7, 11) is 1.70. The smallest absolute Gasteiger partial charge is 0.263 e. The number of carbonyl (C=O) groups is 1. The number of aryl methyl sites for hydroxylation is 1. The van der Waals surface area contributed by atoms with E-state index in [1.165, 1.54) is 11.3 Å². The maximum Gasteiger partial charge on any atom is 0.263 e. The number of amides is 1. The van der Waals surface area contributed by atoms with Crippen molar-refractivity contribution in [1.29, 1.82) is 0 Å². The molecule has 0 aliphatic carbocycles. The van der Waals surface area contributed by atoms with Crippen LogP contribution in [-0.4, -0.2) is 56.7 Å². The van der Waals surface area contributed by atoms with E-state index in [-0.39, 0.29) is 5.91 Å². The Kier molecular flexibility index (Phi) is 8.37. The molecular weight excluding hydrogens is 290 g/mol. The zero-order chi connectivity index (χ0) is 15.5. The summed E-state index contributed by atoms with van der Waals surface area (Å²) in [6.07, 6.45) is 0. The molecule has 0 saturated heterocycles. The van der Waals surface area contributed by atoms with Crippen molar-refractivity contribution in [3.63, 3.8) is 0 Å². The van der Waals surface area contributed by atoms with Gasteiger partial charge >= 0.3 is 0 Å². The zero-order valence-electron chi connectivity index (χ0n) is 12.7. The molecule has 0 saturated carbocycles. The van der Waals surface area contributed by atoms with Crippen LogP contribution in [-0.2, 0) is 4.74 Å². The molecule has 0 bridgehead atoms. The first-order valence-corrected chi connectivity index (χ1v) is 7.77. The van der Waals surface area contributed by atoms with E-state index in [0.29, 0.717) is 43.7 Å². The number of nitrogens with one attached hydrogen (secondary N) is 3. The monoisotopic (exact) mass is 313 g/mol. The van der Waals surface area contributed by atoms with Crippen LogP contribution in [0.3, 0.4) is 0 Å². The predicted molar refractivity (Wildman–Crippen MR) is 85.0 cm³/mol. The third-order valence-corrected chi connectivity index (χ3v) is 3.55. The van der Waals surface area contributed by atoms with Crippen molar-refractivity contribution in [2.45, 2.75) is 13.8 Å². The zero-order valence-corrected chi connectivity index (χ0v) is 13.5. The van der Waals surface area contributed by atoms with Gasteiger partial charge in [0.1, 0.15) is 4.88 Å². The third-order valence-electron chi connectivity index (χ3n) is 2.62. The van der Waals surface area contributed by atoms with Crippen LogP contribution in [0.1, 0.15) is 22.3 Å². The lowest BCUT2D eigenvalue weighted by molar-refractivity contribution is 0.0957. The van der Waals surface area contributed by atoms with Gasteiger partial charge in [-0.05, 0) is 13.8 Å². The minimum Gasteiger partial charge on any atom is -0.380 e. The van der Waals surface area contributed by atoms with Gasteiger partial charge in [0.15, 0.2) is 5.96 Å². The first-order chi connectivity index (χ1) is 10.2. The van der Waals surface area contributed by atoms with E-state index in [9.17, 15) is 4.79 Å². The van der Waals surface area contributed by atoms with Gasteiger partial charge < -0.3 is 20.7 Å². The van der Waals surface area contributed by atoms with Crippen LogP contribution >= 0.6 is 11.3 Å². The largest absolute Gasteiger partial charge is 0.380 e. The van der Waals surface area contributed by atoms with Crippen molar-refractivity contribution in [2.24, 2.45) is 4.99 Å². The number of guanidine groups is 1. The normalized spacial score (nSPS) is 11.3. The summed E-state index contributed by atoms with van der Waals surface area (Å²) < 4.78 is 5.23. The maximum atomic E-state index is 11.9. The molecule has 1 heterocycles. The minimum absolute atomic E-state index is 0.0870. The molecule has 0 aliphatic rings. The van der Waals surface area contributed by atoms with Crippen molar-refractivity contribution < 1.29 is 9.53 Å². The maximum absolute atomic E-state index is 11.9. The highest BCUT2D eigenvalue weighted by atomic mass is 32.1. The number of rotatable bonds is 8. The van der Waals surface area contributed by atoms with Gasteiger partial charge in [-0.1, -0.05) is 0 Å². The Bertz CT molecular complexity index is 461. The molecule has 0 aromatic carbocycles. The first kappa shape index (κ1) is 17.4. The van der Waals surface area contributed by atoms with E-state index in [2.05, 4.69) is 25.9 Å². The fraction of sp³-hybridized carbons (Fsp3) is 0.615. The number of hydrogen-bond acceptors (Lipinski definition) is 5. The van der Waals surface area contributed by atoms with Crippen LogP contribution in [0.15, 0.2) is 10.5 Å². The Morgan fingerprint density at radius 2 is 2.05 bits per heavy atom. The van der Waals surface area contributed by atoms with E-state index >= 15 is 0 Å². The Morgan fingerprint density at radius 1 is 1.33 bits per heavy atom. The van der Waals surface area contributed by atoms with Crippen molar-refractivity contribution in [3.05, 3.63) is 16.1 Å². The Hall–Kier alpha value is -1.67. The van der Waals surface area contributed by atoms with Crippen molar-refractivity contribution in [1.82, 2.24) is 20.9 Å². The standard InChI is InChI=1S/C13H23N5O2S/c1-4-20-8-7-17-13(14-3)16-6-5-15-12(19)11-10(2)18-9-21-11/h9H,4-8H2,1-3H3,(H,15,19)(H2,14,16,17). The van der Waals surface area contributed by atoms with E-state index in [0.717, 1.165) is 5.69 Å². The molecule has 0 unspecified atom stereocenters.